The molecule has 7 rings (SSSR count). The van der Waals surface area contributed by atoms with Crippen LogP contribution in [-0.2, 0) is 0 Å². The molecule has 190 valence electrons. The van der Waals surface area contributed by atoms with E-state index in [1.54, 1.807) is 10.7 Å². The van der Waals surface area contributed by atoms with E-state index in [4.69, 9.17) is 10.7 Å². The standard InChI is InChI=1S/C26H25N11O/c1-15-13-36(17-6-9-35(10-7-17)26(38)23-30-14-31-34-23)25-21(15)22(27)37-24(33-25)18(12-32-37)16-4-5-20(29-11-16)19-3-2-8-28-19/h2-5,8,11-14,17,28H,6-7,9-10,27H2,1H3,(H,30,31,34). The SMILES string of the molecule is Cc1cn(C2CCN(C(=O)c3nnc[nH]3)CC2)c2nc3c(-c4ccc(-c5ccc[nH]5)nc4)cnn3c(N)c12. The molecule has 1 amide bonds. The highest BCUT2D eigenvalue weighted by Gasteiger charge is 2.28. The average molecular weight is 508 g/mol. The van der Waals surface area contributed by atoms with Crippen molar-refractivity contribution in [3.05, 3.63) is 66.8 Å². The summed E-state index contributed by atoms with van der Waals surface area (Å²) in [7, 11) is 0. The minimum absolute atomic E-state index is 0.127. The number of carbonyl (C=O) groups excluding carboxylic acids is 1. The van der Waals surface area contributed by atoms with Crippen molar-refractivity contribution in [2.75, 3.05) is 18.8 Å². The number of rotatable bonds is 4. The van der Waals surface area contributed by atoms with Crippen LogP contribution in [-0.4, -0.2) is 68.2 Å². The average Bonchev–Trinajstić information content (AvgIpc) is 3.76. The Morgan fingerprint density at radius 3 is 2.68 bits per heavy atom. The number of carbonyl (C=O) groups is 1. The summed E-state index contributed by atoms with van der Waals surface area (Å²) in [4.78, 5) is 30.2. The minimum atomic E-state index is -0.127. The summed E-state index contributed by atoms with van der Waals surface area (Å²) < 4.78 is 3.91. The predicted molar refractivity (Wildman–Crippen MR) is 141 cm³/mol. The van der Waals surface area contributed by atoms with Crippen molar-refractivity contribution in [1.82, 2.24) is 49.2 Å². The zero-order valence-electron chi connectivity index (χ0n) is 20.7. The molecule has 1 aliphatic rings. The molecular weight excluding hydrogens is 482 g/mol. The number of hydrogen-bond donors (Lipinski definition) is 3. The summed E-state index contributed by atoms with van der Waals surface area (Å²) >= 11 is 0. The number of hydrogen-bond acceptors (Lipinski definition) is 7. The third kappa shape index (κ3) is 3.44. The number of nitrogens with two attached hydrogens (primary N) is 1. The number of anilines is 1. The van der Waals surface area contributed by atoms with E-state index in [2.05, 4.69) is 41.0 Å². The molecule has 1 aliphatic heterocycles. The number of amides is 1. The summed E-state index contributed by atoms with van der Waals surface area (Å²) in [6, 6.07) is 8.12. The largest absolute Gasteiger partial charge is 0.383 e. The third-order valence-electron chi connectivity index (χ3n) is 7.35. The third-order valence-corrected chi connectivity index (χ3v) is 7.35. The van der Waals surface area contributed by atoms with Crippen LogP contribution in [0.1, 0.15) is 35.1 Å². The first-order valence-electron chi connectivity index (χ1n) is 12.5. The Balaban J connectivity index is 1.23. The van der Waals surface area contributed by atoms with Crippen LogP contribution in [0.25, 0.3) is 39.2 Å². The maximum Gasteiger partial charge on any atom is 0.291 e. The van der Waals surface area contributed by atoms with Gasteiger partial charge in [-0.1, -0.05) is 6.07 Å². The number of aromatic nitrogens is 9. The monoisotopic (exact) mass is 507 g/mol. The molecule has 0 atom stereocenters. The molecule has 0 spiro atoms. The van der Waals surface area contributed by atoms with Gasteiger partial charge in [-0.3, -0.25) is 9.78 Å². The zero-order chi connectivity index (χ0) is 25.8. The molecule has 38 heavy (non-hydrogen) atoms. The van der Waals surface area contributed by atoms with Gasteiger partial charge >= 0.3 is 0 Å². The van der Waals surface area contributed by atoms with Crippen LogP contribution in [0.3, 0.4) is 0 Å². The number of nitrogens with one attached hydrogen (secondary N) is 2. The second kappa shape index (κ2) is 8.54. The molecule has 7 heterocycles. The highest BCUT2D eigenvalue weighted by Crippen LogP contribution is 2.35. The van der Waals surface area contributed by atoms with E-state index in [1.165, 1.54) is 6.33 Å². The molecule has 0 unspecified atom stereocenters. The van der Waals surface area contributed by atoms with Crippen molar-refractivity contribution in [3.8, 4) is 22.5 Å². The Hall–Kier alpha value is -5.00. The Bertz CT molecular complexity index is 1750. The molecule has 1 saturated heterocycles. The second-order valence-corrected chi connectivity index (χ2v) is 9.59. The van der Waals surface area contributed by atoms with E-state index in [9.17, 15) is 4.79 Å². The van der Waals surface area contributed by atoms with Crippen LogP contribution in [0.2, 0.25) is 0 Å². The Kier molecular flexibility index (Phi) is 4.99. The summed E-state index contributed by atoms with van der Waals surface area (Å²) in [6.07, 6.45) is 10.6. The van der Waals surface area contributed by atoms with Gasteiger partial charge in [-0.25, -0.2) is 4.98 Å². The van der Waals surface area contributed by atoms with E-state index in [1.807, 2.05) is 48.5 Å². The predicted octanol–water partition coefficient (Wildman–Crippen LogP) is 3.23. The number of aromatic amines is 2. The van der Waals surface area contributed by atoms with E-state index in [-0.39, 0.29) is 17.8 Å². The molecule has 0 radical (unpaired) electrons. The lowest BCUT2D eigenvalue weighted by atomic mass is 10.0. The van der Waals surface area contributed by atoms with E-state index < -0.39 is 0 Å². The lowest BCUT2D eigenvalue weighted by Gasteiger charge is -2.32. The van der Waals surface area contributed by atoms with Gasteiger partial charge in [0.25, 0.3) is 5.91 Å². The fraction of sp³-hybridized carbons (Fsp3) is 0.231. The molecular formula is C26H25N11O. The van der Waals surface area contributed by atoms with Crippen molar-refractivity contribution in [2.24, 2.45) is 0 Å². The molecule has 12 heteroatoms. The zero-order valence-corrected chi connectivity index (χ0v) is 20.7. The molecule has 0 bridgehead atoms. The number of H-pyrrole nitrogens is 2. The van der Waals surface area contributed by atoms with Gasteiger partial charge in [0.05, 0.1) is 23.0 Å². The fourth-order valence-electron chi connectivity index (χ4n) is 5.39. The molecule has 6 aromatic heterocycles. The quantitative estimate of drug-likeness (QED) is 0.331. The number of piperidine rings is 1. The van der Waals surface area contributed by atoms with Crippen molar-refractivity contribution in [2.45, 2.75) is 25.8 Å². The Labute approximate surface area is 216 Å². The van der Waals surface area contributed by atoms with Gasteiger partial charge in [-0.05, 0) is 43.5 Å². The number of aryl methyl sites for hydroxylation is 1. The highest BCUT2D eigenvalue weighted by atomic mass is 16.2. The summed E-state index contributed by atoms with van der Waals surface area (Å²) in [6.45, 7) is 3.29. The van der Waals surface area contributed by atoms with Gasteiger partial charge in [0.2, 0.25) is 5.82 Å². The van der Waals surface area contributed by atoms with E-state index in [0.717, 1.165) is 52.0 Å². The smallest absolute Gasteiger partial charge is 0.291 e. The molecule has 12 nitrogen and oxygen atoms in total. The van der Waals surface area contributed by atoms with Crippen molar-refractivity contribution in [1.29, 1.82) is 0 Å². The summed E-state index contributed by atoms with van der Waals surface area (Å²) in [5.74, 6) is 0.700. The normalized spacial score (nSPS) is 14.6. The molecule has 6 aromatic rings. The van der Waals surface area contributed by atoms with Crippen molar-refractivity contribution >= 4 is 28.4 Å². The summed E-state index contributed by atoms with van der Waals surface area (Å²) in [5, 5.41) is 13.0. The van der Waals surface area contributed by atoms with Crippen LogP contribution in [0.15, 0.2) is 55.4 Å². The second-order valence-electron chi connectivity index (χ2n) is 9.59. The van der Waals surface area contributed by atoms with Crippen LogP contribution in [0.5, 0.6) is 0 Å². The maximum atomic E-state index is 12.7. The van der Waals surface area contributed by atoms with E-state index >= 15 is 0 Å². The fourth-order valence-corrected chi connectivity index (χ4v) is 5.39. The first-order valence-corrected chi connectivity index (χ1v) is 12.5. The van der Waals surface area contributed by atoms with Crippen LogP contribution >= 0.6 is 0 Å². The summed E-state index contributed by atoms with van der Waals surface area (Å²) in [5.41, 5.74) is 12.8. The molecule has 1 fully saturated rings. The van der Waals surface area contributed by atoms with Crippen LogP contribution in [0.4, 0.5) is 5.82 Å². The lowest BCUT2D eigenvalue weighted by Crippen LogP contribution is -2.39. The molecule has 0 aliphatic carbocycles. The number of likely N-dealkylation sites (tertiary alicyclic amines) is 1. The topological polar surface area (TPSA) is 152 Å². The molecule has 0 saturated carbocycles. The van der Waals surface area contributed by atoms with E-state index in [0.29, 0.717) is 24.6 Å². The van der Waals surface area contributed by atoms with Gasteiger partial charge in [-0.2, -0.15) is 9.61 Å². The van der Waals surface area contributed by atoms with Gasteiger partial charge in [-0.15, -0.1) is 10.2 Å². The lowest BCUT2D eigenvalue weighted by molar-refractivity contribution is 0.0684. The Morgan fingerprint density at radius 1 is 1.11 bits per heavy atom. The first-order chi connectivity index (χ1) is 18.6. The number of nitrogen functional groups attached to an aromatic ring is 1. The van der Waals surface area contributed by atoms with Gasteiger partial charge in [0.15, 0.2) is 5.65 Å². The number of pyridine rings is 1. The van der Waals surface area contributed by atoms with Crippen molar-refractivity contribution < 1.29 is 4.79 Å². The van der Waals surface area contributed by atoms with Crippen molar-refractivity contribution in [3.63, 3.8) is 0 Å². The molecule has 4 N–H and O–H groups in total. The Morgan fingerprint density at radius 2 is 1.97 bits per heavy atom. The van der Waals surface area contributed by atoms with Crippen LogP contribution in [0, 0.1) is 6.92 Å². The van der Waals surface area contributed by atoms with Crippen LogP contribution < -0.4 is 5.73 Å². The molecule has 0 aromatic carbocycles. The van der Waals surface area contributed by atoms with Gasteiger partial charge < -0.3 is 25.2 Å². The first kappa shape index (κ1) is 22.2. The highest BCUT2D eigenvalue weighted by molar-refractivity contribution is 5.94. The number of nitrogens with zero attached hydrogens (tertiary/aromatic N) is 8. The minimum Gasteiger partial charge on any atom is -0.383 e. The van der Waals surface area contributed by atoms with Gasteiger partial charge in [0.1, 0.15) is 17.8 Å². The number of fused-ring (bicyclic) bond motifs is 2. The maximum absolute atomic E-state index is 12.7. The van der Waals surface area contributed by atoms with Gasteiger partial charge in [0, 0.05) is 48.8 Å².